The van der Waals surface area contributed by atoms with Crippen LogP contribution in [0.2, 0.25) is 5.31 Å². The topological polar surface area (TPSA) is 0 Å². The lowest BCUT2D eigenvalue weighted by Crippen LogP contribution is -2.45. The first-order chi connectivity index (χ1) is 9.38. The summed E-state index contributed by atoms with van der Waals surface area (Å²) in [4.78, 5) is 0. The summed E-state index contributed by atoms with van der Waals surface area (Å²) in [6.45, 7) is 21.7. The molecule has 1 rings (SSSR count). The van der Waals surface area contributed by atoms with Gasteiger partial charge in [-0.15, -0.1) is 0 Å². The fraction of sp³-hybridized carbons (Fsp3) is 1.00. The summed E-state index contributed by atoms with van der Waals surface area (Å²) >= 11 is 0. The molecule has 0 aliphatic heterocycles. The number of rotatable bonds is 6. The molecule has 0 amide bonds. The Bertz CT molecular complexity index is 353. The minimum absolute atomic E-state index is 0.102. The molecule has 4 unspecified atom stereocenters. The quantitative estimate of drug-likeness (QED) is 0.480. The van der Waals surface area contributed by atoms with Gasteiger partial charge in [0.2, 0.25) is 0 Å². The maximum atomic E-state index is 7.08. The third kappa shape index (κ3) is 2.83. The SMILES string of the molecule is [B]C(C)(C1CC(C)C(C)(C)C1(C)CCC)C(C)(C)CCC. The van der Waals surface area contributed by atoms with Crippen LogP contribution in [0.5, 0.6) is 0 Å². The second kappa shape index (κ2) is 5.93. The van der Waals surface area contributed by atoms with Crippen LogP contribution in [0.15, 0.2) is 0 Å². The second-order valence-electron chi connectivity index (χ2n) is 9.50. The first-order valence-electron chi connectivity index (χ1n) is 9.17. The van der Waals surface area contributed by atoms with Gasteiger partial charge in [-0.1, -0.05) is 80.5 Å². The Morgan fingerprint density at radius 2 is 1.57 bits per heavy atom. The molecule has 2 radical (unpaired) electrons. The van der Waals surface area contributed by atoms with Crippen molar-refractivity contribution >= 4 is 7.85 Å². The van der Waals surface area contributed by atoms with Gasteiger partial charge in [-0.2, -0.15) is 0 Å². The Morgan fingerprint density at radius 3 is 2.00 bits per heavy atom. The van der Waals surface area contributed by atoms with E-state index in [1.54, 1.807) is 0 Å². The lowest BCUT2D eigenvalue weighted by atomic mass is 9.42. The van der Waals surface area contributed by atoms with Gasteiger partial charge in [0.15, 0.2) is 0 Å². The molecule has 4 atom stereocenters. The van der Waals surface area contributed by atoms with Gasteiger partial charge < -0.3 is 0 Å². The van der Waals surface area contributed by atoms with Gasteiger partial charge in [0, 0.05) is 0 Å². The van der Waals surface area contributed by atoms with Crippen LogP contribution in [0, 0.1) is 28.1 Å². The average Bonchev–Trinajstić information content (AvgIpc) is 2.50. The highest BCUT2D eigenvalue weighted by Crippen LogP contribution is 2.70. The Labute approximate surface area is 136 Å². The molecule has 0 spiro atoms. The molecule has 1 heteroatoms. The van der Waals surface area contributed by atoms with Gasteiger partial charge in [0.1, 0.15) is 0 Å². The minimum Gasteiger partial charge on any atom is -0.0668 e. The Hall–Kier alpha value is 0.0649. The van der Waals surface area contributed by atoms with Crippen molar-refractivity contribution in [3.63, 3.8) is 0 Å². The maximum absolute atomic E-state index is 7.08. The zero-order valence-electron chi connectivity index (χ0n) is 16.3. The molecule has 0 saturated heterocycles. The molecule has 1 fully saturated rings. The van der Waals surface area contributed by atoms with E-state index in [2.05, 4.69) is 62.3 Å². The van der Waals surface area contributed by atoms with E-state index in [9.17, 15) is 0 Å². The molecule has 0 N–H and O–H groups in total. The molecule has 122 valence electrons. The molecular formula is C20H39B. The third-order valence-corrected chi connectivity index (χ3v) is 7.89. The zero-order chi connectivity index (χ0) is 16.7. The van der Waals surface area contributed by atoms with E-state index in [1.807, 2.05) is 0 Å². The van der Waals surface area contributed by atoms with Gasteiger partial charge >= 0.3 is 0 Å². The highest BCUT2D eigenvalue weighted by atomic mass is 14.6. The molecule has 0 bridgehead atoms. The summed E-state index contributed by atoms with van der Waals surface area (Å²) < 4.78 is 0. The van der Waals surface area contributed by atoms with E-state index in [-0.39, 0.29) is 10.7 Å². The van der Waals surface area contributed by atoms with Crippen molar-refractivity contribution in [3.8, 4) is 0 Å². The zero-order valence-corrected chi connectivity index (χ0v) is 16.3. The third-order valence-electron chi connectivity index (χ3n) is 7.89. The predicted molar refractivity (Wildman–Crippen MR) is 96.9 cm³/mol. The van der Waals surface area contributed by atoms with Crippen LogP contribution >= 0.6 is 0 Å². The van der Waals surface area contributed by atoms with Crippen LogP contribution in [0.4, 0.5) is 0 Å². The van der Waals surface area contributed by atoms with E-state index in [1.165, 1.54) is 32.1 Å². The van der Waals surface area contributed by atoms with Crippen molar-refractivity contribution in [1.29, 1.82) is 0 Å². The number of hydrogen-bond acceptors (Lipinski definition) is 0. The van der Waals surface area contributed by atoms with E-state index in [0.717, 1.165) is 5.92 Å². The molecule has 0 aromatic heterocycles. The van der Waals surface area contributed by atoms with Gasteiger partial charge in [-0.3, -0.25) is 0 Å². The van der Waals surface area contributed by atoms with Crippen molar-refractivity contribution in [3.05, 3.63) is 0 Å². The van der Waals surface area contributed by atoms with E-state index >= 15 is 0 Å². The Morgan fingerprint density at radius 1 is 1.05 bits per heavy atom. The largest absolute Gasteiger partial charge is 0.0753 e. The van der Waals surface area contributed by atoms with E-state index in [4.69, 9.17) is 7.85 Å². The Kier molecular flexibility index (Phi) is 5.40. The molecule has 0 nitrogen and oxygen atoms in total. The van der Waals surface area contributed by atoms with Crippen molar-refractivity contribution in [1.82, 2.24) is 0 Å². The average molecular weight is 290 g/mol. The highest BCUT2D eigenvalue weighted by Gasteiger charge is 2.60. The van der Waals surface area contributed by atoms with Crippen molar-refractivity contribution in [2.45, 2.75) is 99.7 Å². The summed E-state index contributed by atoms with van der Waals surface area (Å²) in [5, 5.41) is -0.102. The van der Waals surface area contributed by atoms with Crippen LogP contribution in [0.25, 0.3) is 0 Å². The second-order valence-corrected chi connectivity index (χ2v) is 9.50. The van der Waals surface area contributed by atoms with Crippen LogP contribution in [0.1, 0.15) is 94.4 Å². The first kappa shape index (κ1) is 19.1. The standard InChI is InChI=1S/C20H39B/c1-10-12-17(4,5)20(9,21)16-14-15(3)18(6,7)19(16,8)13-11-2/h15-16H,10-14H2,1-9H3. The van der Waals surface area contributed by atoms with Crippen molar-refractivity contribution in [2.75, 3.05) is 0 Å². The fourth-order valence-corrected chi connectivity index (χ4v) is 5.21. The Balaban J connectivity index is 3.27. The summed E-state index contributed by atoms with van der Waals surface area (Å²) in [5.41, 5.74) is 0.911. The monoisotopic (exact) mass is 290 g/mol. The van der Waals surface area contributed by atoms with E-state index < -0.39 is 0 Å². The molecule has 0 aromatic rings. The first-order valence-corrected chi connectivity index (χ1v) is 9.17. The number of hydrogen-bond donors (Lipinski definition) is 0. The predicted octanol–water partition coefficient (Wildman–Crippen LogP) is 6.65. The molecule has 0 aromatic carbocycles. The van der Waals surface area contributed by atoms with Gasteiger partial charge in [0.05, 0.1) is 7.85 Å². The summed E-state index contributed by atoms with van der Waals surface area (Å²) in [6, 6.07) is 0. The van der Waals surface area contributed by atoms with Gasteiger partial charge in [-0.25, -0.2) is 0 Å². The van der Waals surface area contributed by atoms with E-state index in [0.29, 0.717) is 16.7 Å². The normalized spacial score (nSPS) is 35.7. The summed E-state index contributed by atoms with van der Waals surface area (Å²) in [6.07, 6.45) is 6.27. The lowest BCUT2D eigenvalue weighted by Gasteiger charge is -2.55. The smallest absolute Gasteiger partial charge is 0.0668 e. The molecule has 1 aliphatic rings. The van der Waals surface area contributed by atoms with Crippen LogP contribution < -0.4 is 0 Å². The minimum atomic E-state index is -0.102. The van der Waals surface area contributed by atoms with Gasteiger partial charge in [0.25, 0.3) is 0 Å². The maximum Gasteiger partial charge on any atom is 0.0753 e. The van der Waals surface area contributed by atoms with Crippen LogP contribution in [0.3, 0.4) is 0 Å². The molecular weight excluding hydrogens is 251 g/mol. The summed E-state index contributed by atoms with van der Waals surface area (Å²) in [5.74, 6) is 1.36. The van der Waals surface area contributed by atoms with Crippen LogP contribution in [-0.4, -0.2) is 7.85 Å². The van der Waals surface area contributed by atoms with Gasteiger partial charge in [-0.05, 0) is 47.3 Å². The molecule has 1 saturated carbocycles. The highest BCUT2D eigenvalue weighted by molar-refractivity contribution is 6.15. The molecule has 1 aliphatic carbocycles. The van der Waals surface area contributed by atoms with Crippen molar-refractivity contribution < 1.29 is 0 Å². The van der Waals surface area contributed by atoms with Crippen LogP contribution in [-0.2, 0) is 0 Å². The molecule has 21 heavy (non-hydrogen) atoms. The fourth-order valence-electron chi connectivity index (χ4n) is 5.21. The molecule has 0 heterocycles. The summed E-state index contributed by atoms with van der Waals surface area (Å²) in [7, 11) is 7.08. The van der Waals surface area contributed by atoms with Crippen molar-refractivity contribution in [2.24, 2.45) is 28.1 Å². The lowest BCUT2D eigenvalue weighted by molar-refractivity contribution is 0.00734.